The van der Waals surface area contributed by atoms with Crippen molar-refractivity contribution in [2.45, 2.75) is 44.8 Å². The molecule has 1 aliphatic carbocycles. The predicted octanol–water partition coefficient (Wildman–Crippen LogP) is 3.85. The van der Waals surface area contributed by atoms with Crippen molar-refractivity contribution in [3.05, 3.63) is 29.3 Å². The average Bonchev–Trinajstić information content (AvgIpc) is 2.47. The molecule has 6 heteroatoms. The molecule has 0 radical (unpaired) electrons. The number of carbonyl (C=O) groups is 1. The van der Waals surface area contributed by atoms with E-state index in [9.17, 15) is 18.0 Å². The van der Waals surface area contributed by atoms with Gasteiger partial charge >= 0.3 is 6.18 Å². The minimum atomic E-state index is -4.18. The van der Waals surface area contributed by atoms with E-state index in [1.54, 1.807) is 18.2 Å². The summed E-state index contributed by atoms with van der Waals surface area (Å²) >= 11 is 0. The zero-order valence-corrected chi connectivity index (χ0v) is 12.7. The Labute approximate surface area is 127 Å². The van der Waals surface area contributed by atoms with Gasteiger partial charge in [0.25, 0.3) is 5.91 Å². The van der Waals surface area contributed by atoms with E-state index in [2.05, 4.69) is 5.32 Å². The van der Waals surface area contributed by atoms with Gasteiger partial charge < -0.3 is 10.1 Å². The summed E-state index contributed by atoms with van der Waals surface area (Å²) < 4.78 is 43.5. The molecule has 0 heterocycles. The maximum atomic E-state index is 12.8. The van der Waals surface area contributed by atoms with Crippen LogP contribution < -0.4 is 10.1 Å². The van der Waals surface area contributed by atoms with Crippen molar-refractivity contribution in [1.29, 1.82) is 0 Å². The van der Waals surface area contributed by atoms with Gasteiger partial charge in [-0.15, -0.1) is 0 Å². The van der Waals surface area contributed by atoms with Crippen molar-refractivity contribution in [3.8, 4) is 5.75 Å². The quantitative estimate of drug-likeness (QED) is 0.920. The first-order valence-electron chi connectivity index (χ1n) is 7.33. The molecule has 122 valence electrons. The third-order valence-electron chi connectivity index (χ3n) is 4.14. The molecule has 2 unspecified atom stereocenters. The number of carbonyl (C=O) groups excluding carboxylic acids is 1. The smallest absolute Gasteiger partial charge is 0.391 e. The summed E-state index contributed by atoms with van der Waals surface area (Å²) in [7, 11) is 1.51. The highest BCUT2D eigenvalue weighted by Gasteiger charge is 2.42. The predicted molar refractivity (Wildman–Crippen MR) is 77.0 cm³/mol. The number of alkyl halides is 3. The molecular weight excluding hydrogens is 295 g/mol. The van der Waals surface area contributed by atoms with E-state index in [4.69, 9.17) is 4.74 Å². The molecule has 2 atom stereocenters. The molecule has 1 saturated carbocycles. The highest BCUT2D eigenvalue weighted by Crippen LogP contribution is 2.37. The van der Waals surface area contributed by atoms with Gasteiger partial charge in [-0.2, -0.15) is 13.2 Å². The van der Waals surface area contributed by atoms with Gasteiger partial charge in [-0.1, -0.05) is 12.5 Å². The summed E-state index contributed by atoms with van der Waals surface area (Å²) in [4.78, 5) is 12.2. The van der Waals surface area contributed by atoms with E-state index in [0.717, 1.165) is 5.56 Å². The Balaban J connectivity index is 2.02. The van der Waals surface area contributed by atoms with Crippen LogP contribution in [0.3, 0.4) is 0 Å². The fourth-order valence-corrected chi connectivity index (χ4v) is 2.85. The summed E-state index contributed by atoms with van der Waals surface area (Å²) in [6.07, 6.45) is -3.02. The van der Waals surface area contributed by atoms with Crippen LogP contribution in [0.1, 0.15) is 41.6 Å². The maximum absolute atomic E-state index is 12.8. The lowest BCUT2D eigenvalue weighted by Gasteiger charge is -2.31. The second-order valence-corrected chi connectivity index (χ2v) is 5.76. The van der Waals surface area contributed by atoms with Gasteiger partial charge in [-0.05, 0) is 43.9 Å². The van der Waals surface area contributed by atoms with Crippen molar-refractivity contribution >= 4 is 5.91 Å². The van der Waals surface area contributed by atoms with E-state index < -0.39 is 18.1 Å². The molecule has 1 aliphatic rings. The largest absolute Gasteiger partial charge is 0.496 e. The molecule has 1 aromatic carbocycles. The van der Waals surface area contributed by atoms with Gasteiger partial charge in [0.05, 0.1) is 13.0 Å². The fourth-order valence-electron chi connectivity index (χ4n) is 2.85. The standard InChI is InChI=1S/C16H20F3NO2/c1-10-6-7-11(8-14(10)22-2)15(21)20-13-5-3-4-12(9-13)16(17,18)19/h6-8,12-13H,3-5,9H2,1-2H3,(H,20,21). The number of aryl methyl sites for hydroxylation is 1. The van der Waals surface area contributed by atoms with Crippen LogP contribution in [0.25, 0.3) is 0 Å². The Morgan fingerprint density at radius 1 is 1.32 bits per heavy atom. The van der Waals surface area contributed by atoms with Gasteiger partial charge in [0.1, 0.15) is 5.75 Å². The Morgan fingerprint density at radius 3 is 2.68 bits per heavy atom. The van der Waals surface area contributed by atoms with Crippen molar-refractivity contribution in [1.82, 2.24) is 5.32 Å². The second-order valence-electron chi connectivity index (χ2n) is 5.76. The maximum Gasteiger partial charge on any atom is 0.391 e. The topological polar surface area (TPSA) is 38.3 Å². The van der Waals surface area contributed by atoms with Gasteiger partial charge in [-0.3, -0.25) is 4.79 Å². The number of benzene rings is 1. The van der Waals surface area contributed by atoms with Crippen molar-refractivity contribution < 1.29 is 22.7 Å². The summed E-state index contributed by atoms with van der Waals surface area (Å²) in [5.41, 5.74) is 1.30. The minimum Gasteiger partial charge on any atom is -0.496 e. The Kier molecular flexibility index (Phi) is 4.98. The first kappa shape index (κ1) is 16.6. The second kappa shape index (κ2) is 6.58. The molecule has 3 nitrogen and oxygen atoms in total. The molecule has 2 rings (SSSR count). The van der Waals surface area contributed by atoms with Crippen LogP contribution in [0.2, 0.25) is 0 Å². The van der Waals surface area contributed by atoms with Crippen LogP contribution in [0.15, 0.2) is 18.2 Å². The van der Waals surface area contributed by atoms with Gasteiger partial charge in [0.2, 0.25) is 0 Å². The summed E-state index contributed by atoms with van der Waals surface area (Å²) in [5, 5.41) is 2.71. The van der Waals surface area contributed by atoms with Crippen molar-refractivity contribution in [2.24, 2.45) is 5.92 Å². The molecule has 1 N–H and O–H groups in total. The van der Waals surface area contributed by atoms with Gasteiger partial charge in [-0.25, -0.2) is 0 Å². The van der Waals surface area contributed by atoms with Crippen molar-refractivity contribution in [2.75, 3.05) is 7.11 Å². The van der Waals surface area contributed by atoms with Crippen molar-refractivity contribution in [3.63, 3.8) is 0 Å². The van der Waals surface area contributed by atoms with Crippen LogP contribution in [-0.2, 0) is 0 Å². The van der Waals surface area contributed by atoms with E-state index in [-0.39, 0.29) is 18.7 Å². The van der Waals surface area contributed by atoms with Crippen LogP contribution in [0.4, 0.5) is 13.2 Å². The number of rotatable bonds is 3. The van der Waals surface area contributed by atoms with Crippen LogP contribution in [-0.4, -0.2) is 25.2 Å². The summed E-state index contributed by atoms with van der Waals surface area (Å²) in [5.74, 6) is -1.09. The zero-order valence-electron chi connectivity index (χ0n) is 12.7. The van der Waals surface area contributed by atoms with E-state index in [0.29, 0.717) is 24.2 Å². The lowest BCUT2D eigenvalue weighted by molar-refractivity contribution is -0.183. The third-order valence-corrected chi connectivity index (χ3v) is 4.14. The van der Waals surface area contributed by atoms with Crippen LogP contribution >= 0.6 is 0 Å². The molecule has 0 bridgehead atoms. The molecule has 0 spiro atoms. The number of methoxy groups -OCH3 is 1. The molecule has 1 fully saturated rings. The molecule has 0 saturated heterocycles. The van der Waals surface area contributed by atoms with Crippen LogP contribution in [0.5, 0.6) is 5.75 Å². The average molecular weight is 315 g/mol. The van der Waals surface area contributed by atoms with E-state index in [1.807, 2.05) is 6.92 Å². The number of halogens is 3. The first-order chi connectivity index (χ1) is 10.3. The molecular formula is C16H20F3NO2. The SMILES string of the molecule is COc1cc(C(=O)NC2CCCC(C(F)(F)F)C2)ccc1C. The molecule has 0 aliphatic heterocycles. The molecule has 1 amide bonds. The highest BCUT2D eigenvalue weighted by molar-refractivity contribution is 5.94. The molecule has 1 aromatic rings. The van der Waals surface area contributed by atoms with E-state index >= 15 is 0 Å². The third kappa shape index (κ3) is 3.93. The minimum absolute atomic E-state index is 0.0434. The zero-order chi connectivity index (χ0) is 16.3. The number of hydrogen-bond acceptors (Lipinski definition) is 2. The Morgan fingerprint density at radius 2 is 2.05 bits per heavy atom. The fraction of sp³-hybridized carbons (Fsp3) is 0.562. The first-order valence-corrected chi connectivity index (χ1v) is 7.33. The lowest BCUT2D eigenvalue weighted by Crippen LogP contribution is -2.41. The molecule has 0 aromatic heterocycles. The highest BCUT2D eigenvalue weighted by atomic mass is 19.4. The number of hydrogen-bond donors (Lipinski definition) is 1. The Hall–Kier alpha value is -1.72. The lowest BCUT2D eigenvalue weighted by atomic mass is 9.85. The normalized spacial score (nSPS) is 22.2. The van der Waals surface area contributed by atoms with Gasteiger partial charge in [0.15, 0.2) is 0 Å². The Bertz CT molecular complexity index is 543. The van der Waals surface area contributed by atoms with E-state index in [1.165, 1.54) is 7.11 Å². The monoisotopic (exact) mass is 315 g/mol. The molecule has 22 heavy (non-hydrogen) atoms. The van der Waals surface area contributed by atoms with Crippen LogP contribution in [0, 0.1) is 12.8 Å². The number of nitrogens with one attached hydrogen (secondary N) is 1. The summed E-state index contributed by atoms with van der Waals surface area (Å²) in [6, 6.07) is 4.58. The number of amides is 1. The number of ether oxygens (including phenoxy) is 1. The summed E-state index contributed by atoms with van der Waals surface area (Å²) in [6.45, 7) is 1.86. The van der Waals surface area contributed by atoms with Gasteiger partial charge in [0, 0.05) is 11.6 Å².